The molecule has 2 aliphatic carbocycles. The Hall–Kier alpha value is -1.92. The topological polar surface area (TPSA) is 25.8 Å². The zero-order valence-electron chi connectivity index (χ0n) is 15.9. The molecule has 0 bridgehead atoms. The Kier molecular flexibility index (Phi) is 4.84. The summed E-state index contributed by atoms with van der Waals surface area (Å²) in [5.74, 6) is 0. The molecule has 138 valence electrons. The predicted octanol–water partition coefficient (Wildman–Crippen LogP) is 7.18. The fraction of sp³-hybridized carbons (Fsp3) is 0.417. The van der Waals surface area contributed by atoms with Crippen molar-refractivity contribution < 1.29 is 0 Å². The highest BCUT2D eigenvalue weighted by molar-refractivity contribution is 7.57. The molecule has 3 aromatic rings. The van der Waals surface area contributed by atoms with E-state index in [1.165, 1.54) is 69.2 Å². The van der Waals surface area contributed by atoms with E-state index in [9.17, 15) is 0 Å². The van der Waals surface area contributed by atoms with Crippen LogP contribution in [0.5, 0.6) is 0 Å². The summed E-state index contributed by atoms with van der Waals surface area (Å²) in [6.45, 7) is 0. The zero-order valence-corrected chi connectivity index (χ0v) is 16.8. The highest BCUT2D eigenvalue weighted by Crippen LogP contribution is 2.64. The van der Waals surface area contributed by atoms with Crippen molar-refractivity contribution in [3.05, 3.63) is 59.9 Å². The van der Waals surface area contributed by atoms with Gasteiger partial charge in [-0.2, -0.15) is 0 Å². The highest BCUT2D eigenvalue weighted by Gasteiger charge is 2.32. The Labute approximate surface area is 163 Å². The monoisotopic (exact) mass is 374 g/mol. The van der Waals surface area contributed by atoms with Crippen LogP contribution in [-0.4, -0.2) is 9.97 Å². The Balaban J connectivity index is 1.80. The van der Waals surface area contributed by atoms with Gasteiger partial charge in [0, 0.05) is 23.0 Å². The van der Waals surface area contributed by atoms with Gasteiger partial charge in [-0.05, 0) is 79.6 Å². The number of hydrogen-bond acceptors (Lipinski definition) is 2. The van der Waals surface area contributed by atoms with Gasteiger partial charge in [-0.3, -0.25) is 9.97 Å². The Morgan fingerprint density at radius 3 is 1.70 bits per heavy atom. The van der Waals surface area contributed by atoms with Crippen LogP contribution in [-0.2, 0) is 12.8 Å². The molecule has 2 nitrogen and oxygen atoms in total. The van der Waals surface area contributed by atoms with Crippen molar-refractivity contribution in [1.29, 1.82) is 0 Å². The van der Waals surface area contributed by atoms with Crippen LogP contribution in [0.15, 0.2) is 48.8 Å². The third-order valence-electron chi connectivity index (χ3n) is 6.28. The van der Waals surface area contributed by atoms with Crippen LogP contribution in [0, 0.1) is 0 Å². The van der Waals surface area contributed by atoms with Crippen LogP contribution >= 0.6 is 7.53 Å². The fourth-order valence-electron chi connectivity index (χ4n) is 5.10. The average Bonchev–Trinajstić information content (AvgIpc) is 3.11. The first-order valence-electron chi connectivity index (χ1n) is 10.5. The van der Waals surface area contributed by atoms with Crippen LogP contribution in [0.3, 0.4) is 0 Å². The van der Waals surface area contributed by atoms with Crippen LogP contribution in [0.2, 0.25) is 0 Å². The summed E-state index contributed by atoms with van der Waals surface area (Å²) >= 11 is 0. The van der Waals surface area contributed by atoms with Crippen LogP contribution in [0.4, 0.5) is 0 Å². The smallest absolute Gasteiger partial charge is 0.0744 e. The molecule has 0 aliphatic heterocycles. The molecule has 0 spiro atoms. The first kappa shape index (κ1) is 17.2. The summed E-state index contributed by atoms with van der Waals surface area (Å²) in [7, 11) is -0.359. The minimum Gasteiger partial charge on any atom is -0.256 e. The van der Waals surface area contributed by atoms with E-state index in [2.05, 4.69) is 24.3 Å². The molecule has 0 amide bonds. The summed E-state index contributed by atoms with van der Waals surface area (Å²) in [6, 6.07) is 12.9. The maximum Gasteiger partial charge on any atom is 0.0744 e. The molecule has 0 saturated heterocycles. The highest BCUT2D eigenvalue weighted by atomic mass is 31.1. The third-order valence-corrected chi connectivity index (χ3v) is 9.48. The van der Waals surface area contributed by atoms with E-state index < -0.39 is 0 Å². The van der Waals surface area contributed by atoms with E-state index in [0.717, 1.165) is 5.66 Å². The molecule has 5 rings (SSSR count). The number of hydrogen-bond donors (Lipinski definition) is 0. The Morgan fingerprint density at radius 2 is 1.22 bits per heavy atom. The standard InChI is InChI=1S/C24H27N2P/c1-2-10-18(11-3-1)27-23(21-14-6-8-16-25-21)19-12-4-5-13-20(19)24(27)22-15-7-9-17-26-22/h6-9,14-18H,1-5,10-13H2. The second-order valence-corrected chi connectivity index (χ2v) is 10.3. The van der Waals surface area contributed by atoms with Gasteiger partial charge in [-0.1, -0.05) is 31.4 Å². The molecule has 2 aliphatic rings. The van der Waals surface area contributed by atoms with Gasteiger partial charge in [0.15, 0.2) is 0 Å². The summed E-state index contributed by atoms with van der Waals surface area (Å²) in [5, 5.41) is 3.21. The van der Waals surface area contributed by atoms with Crippen LogP contribution in [0.25, 0.3) is 22.0 Å². The van der Waals surface area contributed by atoms with Crippen LogP contribution in [0.1, 0.15) is 61.7 Å². The fourth-order valence-corrected chi connectivity index (χ4v) is 8.77. The van der Waals surface area contributed by atoms with Gasteiger partial charge in [0.1, 0.15) is 0 Å². The van der Waals surface area contributed by atoms with Crippen molar-refractivity contribution in [3.8, 4) is 22.0 Å². The molecule has 1 saturated carbocycles. The number of nitrogens with zero attached hydrogens (tertiary/aromatic N) is 2. The SMILES string of the molecule is c1ccc(-c2c3c(c(-c4ccccn4)p2C2CCCCC2)CCCC3)nc1. The van der Waals surface area contributed by atoms with Gasteiger partial charge in [0.25, 0.3) is 0 Å². The predicted molar refractivity (Wildman–Crippen MR) is 114 cm³/mol. The van der Waals surface area contributed by atoms with Crippen molar-refractivity contribution >= 4 is 7.53 Å². The van der Waals surface area contributed by atoms with E-state index in [-0.39, 0.29) is 7.53 Å². The van der Waals surface area contributed by atoms with Gasteiger partial charge in [-0.25, -0.2) is 0 Å². The van der Waals surface area contributed by atoms with Crippen molar-refractivity contribution in [2.75, 3.05) is 0 Å². The molecular weight excluding hydrogens is 347 g/mol. The quantitative estimate of drug-likeness (QED) is 0.485. The Bertz CT molecular complexity index is 842. The van der Waals surface area contributed by atoms with Gasteiger partial charge < -0.3 is 0 Å². The normalized spacial score (nSPS) is 17.6. The summed E-state index contributed by atoms with van der Waals surface area (Å²) in [5.41, 5.74) is 6.53. The van der Waals surface area contributed by atoms with Gasteiger partial charge in [-0.15, -0.1) is 7.53 Å². The van der Waals surface area contributed by atoms with Gasteiger partial charge >= 0.3 is 0 Å². The molecule has 1 fully saturated rings. The lowest BCUT2D eigenvalue weighted by Gasteiger charge is -2.25. The lowest BCUT2D eigenvalue weighted by Crippen LogP contribution is -2.01. The third kappa shape index (κ3) is 3.15. The van der Waals surface area contributed by atoms with Crippen molar-refractivity contribution in [2.45, 2.75) is 63.4 Å². The first-order valence-corrected chi connectivity index (χ1v) is 11.9. The first-order chi connectivity index (χ1) is 13.4. The molecule has 3 aromatic heterocycles. The Morgan fingerprint density at radius 1 is 0.667 bits per heavy atom. The van der Waals surface area contributed by atoms with Crippen molar-refractivity contribution in [1.82, 2.24) is 9.97 Å². The van der Waals surface area contributed by atoms with Crippen molar-refractivity contribution in [2.24, 2.45) is 0 Å². The van der Waals surface area contributed by atoms with E-state index in [1.807, 2.05) is 24.5 Å². The molecule has 0 aromatic carbocycles. The molecule has 3 heterocycles. The number of pyridine rings is 2. The largest absolute Gasteiger partial charge is 0.256 e. The molecule has 0 atom stereocenters. The molecule has 0 N–H and O–H groups in total. The molecular formula is C24H27N2P. The van der Waals surface area contributed by atoms with E-state index in [0.29, 0.717) is 0 Å². The van der Waals surface area contributed by atoms with Crippen LogP contribution < -0.4 is 0 Å². The maximum absolute atomic E-state index is 4.84. The average molecular weight is 374 g/mol. The second-order valence-electron chi connectivity index (χ2n) is 7.95. The number of rotatable bonds is 3. The number of aromatic nitrogens is 2. The maximum atomic E-state index is 4.84. The molecule has 3 heteroatoms. The number of fused-ring (bicyclic) bond motifs is 1. The molecule has 0 radical (unpaired) electrons. The van der Waals surface area contributed by atoms with E-state index in [1.54, 1.807) is 21.7 Å². The minimum atomic E-state index is -0.359. The lowest BCUT2D eigenvalue weighted by atomic mass is 9.91. The summed E-state index contributed by atoms with van der Waals surface area (Å²) in [4.78, 5) is 9.67. The summed E-state index contributed by atoms with van der Waals surface area (Å²) < 4.78 is 0. The molecule has 0 unspecified atom stereocenters. The van der Waals surface area contributed by atoms with E-state index >= 15 is 0 Å². The van der Waals surface area contributed by atoms with E-state index in [4.69, 9.17) is 9.97 Å². The minimum absolute atomic E-state index is 0.359. The molecule has 27 heavy (non-hydrogen) atoms. The van der Waals surface area contributed by atoms with Crippen molar-refractivity contribution in [3.63, 3.8) is 0 Å². The second kappa shape index (κ2) is 7.60. The lowest BCUT2D eigenvalue weighted by molar-refractivity contribution is 0.489. The van der Waals surface area contributed by atoms with Gasteiger partial charge in [0.05, 0.1) is 11.4 Å². The summed E-state index contributed by atoms with van der Waals surface area (Å²) in [6.07, 6.45) is 16.0. The van der Waals surface area contributed by atoms with Gasteiger partial charge in [0.2, 0.25) is 0 Å². The zero-order chi connectivity index (χ0) is 18.1.